The molecule has 0 aliphatic heterocycles. The SMILES string of the molecule is O=C(O)c1cc2cc(CNc3cccc(Cl)c3)ccc2o1. The maximum atomic E-state index is 10.9. The van der Waals surface area contributed by atoms with Crippen LogP contribution in [0, 0.1) is 0 Å². The van der Waals surface area contributed by atoms with Crippen molar-refractivity contribution >= 4 is 34.2 Å². The van der Waals surface area contributed by atoms with E-state index < -0.39 is 5.97 Å². The summed E-state index contributed by atoms with van der Waals surface area (Å²) in [6.07, 6.45) is 0. The van der Waals surface area contributed by atoms with Crippen LogP contribution in [0.25, 0.3) is 11.0 Å². The highest BCUT2D eigenvalue weighted by Gasteiger charge is 2.10. The van der Waals surface area contributed by atoms with Crippen LogP contribution < -0.4 is 5.32 Å². The second-order valence-electron chi connectivity index (χ2n) is 4.65. The van der Waals surface area contributed by atoms with Crippen LogP contribution in [0.2, 0.25) is 5.02 Å². The zero-order valence-electron chi connectivity index (χ0n) is 11.0. The van der Waals surface area contributed by atoms with E-state index in [0.717, 1.165) is 16.6 Å². The number of anilines is 1. The van der Waals surface area contributed by atoms with E-state index in [0.29, 0.717) is 17.2 Å². The van der Waals surface area contributed by atoms with Crippen molar-refractivity contribution in [3.05, 3.63) is 64.9 Å². The lowest BCUT2D eigenvalue weighted by atomic mass is 10.1. The number of furan rings is 1. The molecule has 5 heteroatoms. The monoisotopic (exact) mass is 301 g/mol. The first-order chi connectivity index (χ1) is 10.1. The predicted octanol–water partition coefficient (Wildman–Crippen LogP) is 4.40. The smallest absolute Gasteiger partial charge is 0.371 e. The van der Waals surface area contributed by atoms with Gasteiger partial charge >= 0.3 is 5.97 Å². The molecule has 3 aromatic rings. The fourth-order valence-electron chi connectivity index (χ4n) is 2.11. The molecule has 0 spiro atoms. The Balaban J connectivity index is 1.79. The highest BCUT2D eigenvalue weighted by Crippen LogP contribution is 2.22. The van der Waals surface area contributed by atoms with E-state index >= 15 is 0 Å². The van der Waals surface area contributed by atoms with Gasteiger partial charge in [0.25, 0.3) is 0 Å². The van der Waals surface area contributed by atoms with Gasteiger partial charge in [0.1, 0.15) is 5.58 Å². The van der Waals surface area contributed by atoms with Crippen LogP contribution in [-0.4, -0.2) is 11.1 Å². The van der Waals surface area contributed by atoms with Crippen molar-refractivity contribution in [3.63, 3.8) is 0 Å². The molecule has 2 N–H and O–H groups in total. The average molecular weight is 302 g/mol. The van der Waals surface area contributed by atoms with Gasteiger partial charge in [0.2, 0.25) is 5.76 Å². The second-order valence-corrected chi connectivity index (χ2v) is 5.09. The summed E-state index contributed by atoms with van der Waals surface area (Å²) in [5, 5.41) is 13.6. The molecule has 1 heterocycles. The quantitative estimate of drug-likeness (QED) is 0.750. The number of rotatable bonds is 4. The number of halogens is 1. The van der Waals surface area contributed by atoms with Gasteiger partial charge in [-0.05, 0) is 42.0 Å². The first-order valence-electron chi connectivity index (χ1n) is 6.37. The molecule has 0 unspecified atom stereocenters. The number of benzene rings is 2. The molecule has 2 aromatic carbocycles. The second kappa shape index (κ2) is 5.50. The molecule has 0 bridgehead atoms. The molecule has 0 aliphatic rings. The van der Waals surface area contributed by atoms with Gasteiger partial charge in [-0.25, -0.2) is 4.79 Å². The molecule has 1 aromatic heterocycles. The first kappa shape index (κ1) is 13.5. The zero-order valence-corrected chi connectivity index (χ0v) is 11.7. The van der Waals surface area contributed by atoms with Gasteiger partial charge in [-0.2, -0.15) is 0 Å². The van der Waals surface area contributed by atoms with E-state index in [1.165, 1.54) is 6.07 Å². The standard InChI is InChI=1S/C16H12ClNO3/c17-12-2-1-3-13(8-12)18-9-10-4-5-14-11(6-10)7-15(21-14)16(19)20/h1-8,18H,9H2,(H,19,20). The molecule has 0 atom stereocenters. The molecule has 0 aliphatic carbocycles. The van der Waals surface area contributed by atoms with Gasteiger partial charge < -0.3 is 14.8 Å². The van der Waals surface area contributed by atoms with Crippen LogP contribution in [0.15, 0.2) is 52.9 Å². The van der Waals surface area contributed by atoms with Gasteiger partial charge in [0.15, 0.2) is 0 Å². The van der Waals surface area contributed by atoms with Crippen molar-refractivity contribution < 1.29 is 14.3 Å². The number of carboxylic acids is 1. The first-order valence-corrected chi connectivity index (χ1v) is 6.75. The van der Waals surface area contributed by atoms with Crippen molar-refractivity contribution in [2.24, 2.45) is 0 Å². The lowest BCUT2D eigenvalue weighted by molar-refractivity contribution is 0.0665. The van der Waals surface area contributed by atoms with Crippen molar-refractivity contribution in [1.29, 1.82) is 0 Å². The number of hydrogen-bond donors (Lipinski definition) is 2. The molecular formula is C16H12ClNO3. The van der Waals surface area contributed by atoms with E-state index in [9.17, 15) is 4.79 Å². The normalized spacial score (nSPS) is 10.7. The van der Waals surface area contributed by atoms with E-state index in [1.54, 1.807) is 6.07 Å². The van der Waals surface area contributed by atoms with E-state index in [-0.39, 0.29) is 5.76 Å². The van der Waals surface area contributed by atoms with Gasteiger partial charge in [-0.15, -0.1) is 0 Å². The summed E-state index contributed by atoms with van der Waals surface area (Å²) in [5.74, 6) is -1.12. The highest BCUT2D eigenvalue weighted by molar-refractivity contribution is 6.30. The fourth-order valence-corrected chi connectivity index (χ4v) is 2.30. The van der Waals surface area contributed by atoms with Crippen LogP contribution in [0.5, 0.6) is 0 Å². The summed E-state index contributed by atoms with van der Waals surface area (Å²) in [6, 6.07) is 14.6. The summed E-state index contributed by atoms with van der Waals surface area (Å²) in [7, 11) is 0. The number of fused-ring (bicyclic) bond motifs is 1. The number of carboxylic acid groups (broad SMARTS) is 1. The molecule has 0 amide bonds. The lowest BCUT2D eigenvalue weighted by Crippen LogP contribution is -1.98. The molecule has 106 valence electrons. The third kappa shape index (κ3) is 3.01. The summed E-state index contributed by atoms with van der Waals surface area (Å²) in [4.78, 5) is 10.9. The Bertz CT molecular complexity index is 810. The molecule has 21 heavy (non-hydrogen) atoms. The molecule has 0 saturated carbocycles. The third-order valence-electron chi connectivity index (χ3n) is 3.11. The predicted molar refractivity (Wildman–Crippen MR) is 82.0 cm³/mol. The Hall–Kier alpha value is -2.46. The Kier molecular flexibility index (Phi) is 3.54. The minimum atomic E-state index is -1.06. The maximum Gasteiger partial charge on any atom is 0.371 e. The van der Waals surface area contributed by atoms with Crippen LogP contribution in [-0.2, 0) is 6.54 Å². The van der Waals surface area contributed by atoms with Crippen molar-refractivity contribution in [1.82, 2.24) is 0 Å². The number of nitrogens with one attached hydrogen (secondary N) is 1. The topological polar surface area (TPSA) is 62.5 Å². The van der Waals surface area contributed by atoms with E-state index in [2.05, 4.69) is 5.32 Å². The van der Waals surface area contributed by atoms with Crippen molar-refractivity contribution in [2.75, 3.05) is 5.32 Å². The van der Waals surface area contributed by atoms with Crippen LogP contribution in [0.4, 0.5) is 5.69 Å². The Morgan fingerprint density at radius 1 is 1.19 bits per heavy atom. The highest BCUT2D eigenvalue weighted by atomic mass is 35.5. The molecule has 0 radical (unpaired) electrons. The van der Waals surface area contributed by atoms with Crippen LogP contribution in [0.1, 0.15) is 16.1 Å². The average Bonchev–Trinajstić information content (AvgIpc) is 2.88. The van der Waals surface area contributed by atoms with E-state index in [4.69, 9.17) is 21.1 Å². The number of carbonyl (C=O) groups is 1. The van der Waals surface area contributed by atoms with Gasteiger partial charge in [-0.3, -0.25) is 0 Å². The summed E-state index contributed by atoms with van der Waals surface area (Å²) in [5.41, 5.74) is 2.53. The van der Waals surface area contributed by atoms with Crippen molar-refractivity contribution in [3.8, 4) is 0 Å². The minimum absolute atomic E-state index is 0.0510. The Morgan fingerprint density at radius 3 is 2.81 bits per heavy atom. The molecule has 0 fully saturated rings. The van der Waals surface area contributed by atoms with Crippen LogP contribution in [0.3, 0.4) is 0 Å². The largest absolute Gasteiger partial charge is 0.475 e. The Labute approximate surface area is 126 Å². The van der Waals surface area contributed by atoms with Crippen molar-refractivity contribution in [2.45, 2.75) is 6.54 Å². The summed E-state index contributed by atoms with van der Waals surface area (Å²) in [6.45, 7) is 0.615. The molecule has 4 nitrogen and oxygen atoms in total. The van der Waals surface area contributed by atoms with Gasteiger partial charge in [-0.1, -0.05) is 23.7 Å². The van der Waals surface area contributed by atoms with Crippen LogP contribution >= 0.6 is 11.6 Å². The van der Waals surface area contributed by atoms with E-state index in [1.807, 2.05) is 36.4 Å². The fraction of sp³-hybridized carbons (Fsp3) is 0.0625. The molecule has 0 saturated heterocycles. The summed E-state index contributed by atoms with van der Waals surface area (Å²) >= 11 is 5.93. The molecule has 3 rings (SSSR count). The number of hydrogen-bond acceptors (Lipinski definition) is 3. The number of aromatic carboxylic acids is 1. The maximum absolute atomic E-state index is 10.9. The third-order valence-corrected chi connectivity index (χ3v) is 3.35. The van der Waals surface area contributed by atoms with Gasteiger partial charge in [0, 0.05) is 22.6 Å². The lowest BCUT2D eigenvalue weighted by Gasteiger charge is -2.06. The molecular weight excluding hydrogens is 290 g/mol. The Morgan fingerprint density at radius 2 is 2.05 bits per heavy atom. The zero-order chi connectivity index (χ0) is 14.8. The van der Waals surface area contributed by atoms with Gasteiger partial charge in [0.05, 0.1) is 0 Å². The summed E-state index contributed by atoms with van der Waals surface area (Å²) < 4.78 is 5.23. The minimum Gasteiger partial charge on any atom is -0.475 e.